The molecule has 0 aliphatic carbocycles. The maximum atomic E-state index is 14.0. The number of hydrogen-bond donors (Lipinski definition) is 2. The zero-order valence-electron chi connectivity index (χ0n) is 24.7. The van der Waals surface area contributed by atoms with E-state index in [9.17, 15) is 24.6 Å². The number of amides is 1. The third kappa shape index (κ3) is 5.17. The molecule has 1 fully saturated rings. The first-order valence-electron chi connectivity index (χ1n) is 14.4. The van der Waals surface area contributed by atoms with Gasteiger partial charge in [0, 0.05) is 80.5 Å². The van der Waals surface area contributed by atoms with Gasteiger partial charge in [-0.1, -0.05) is 30.3 Å². The molecule has 2 aromatic heterocycles. The van der Waals surface area contributed by atoms with Crippen LogP contribution in [0.5, 0.6) is 17.2 Å². The third-order valence-corrected chi connectivity index (χ3v) is 8.48. The molecule has 1 aliphatic heterocycles. The molecule has 5 aromatic rings. The maximum absolute atomic E-state index is 14.0. The highest BCUT2D eigenvalue weighted by Crippen LogP contribution is 2.43. The number of fused-ring (bicyclic) bond motifs is 2. The number of aromatic hydroxyl groups is 2. The second-order valence-corrected chi connectivity index (χ2v) is 11.2. The van der Waals surface area contributed by atoms with Crippen LogP contribution in [0, 0.1) is 0 Å². The summed E-state index contributed by atoms with van der Waals surface area (Å²) >= 11 is 0. The molecular weight excluding hydrogens is 562 g/mol. The van der Waals surface area contributed by atoms with Crippen LogP contribution in [0.2, 0.25) is 0 Å². The van der Waals surface area contributed by atoms with Crippen LogP contribution < -0.4 is 15.7 Å². The first kappa shape index (κ1) is 29.0. The Morgan fingerprint density at radius 2 is 1.66 bits per heavy atom. The molecule has 1 saturated heterocycles. The molecule has 1 atom stereocenters. The van der Waals surface area contributed by atoms with Gasteiger partial charge in [-0.15, -0.1) is 0 Å². The van der Waals surface area contributed by atoms with Gasteiger partial charge in [0.2, 0.25) is 5.91 Å². The van der Waals surface area contributed by atoms with Crippen LogP contribution in [0.1, 0.15) is 23.5 Å². The molecule has 3 heterocycles. The van der Waals surface area contributed by atoms with Crippen LogP contribution in [0.15, 0.2) is 80.7 Å². The average molecular weight is 596 g/mol. The van der Waals surface area contributed by atoms with Gasteiger partial charge in [-0.3, -0.25) is 14.4 Å². The summed E-state index contributed by atoms with van der Waals surface area (Å²) in [6, 6.07) is 18.4. The first-order valence-corrected chi connectivity index (χ1v) is 14.4. The van der Waals surface area contributed by atoms with E-state index in [2.05, 4.69) is 4.90 Å². The molecular formula is C34H33N3O7. The van der Waals surface area contributed by atoms with Crippen molar-refractivity contribution in [1.82, 2.24) is 14.4 Å². The number of hydrogen-bond acceptors (Lipinski definition) is 8. The summed E-state index contributed by atoms with van der Waals surface area (Å²) in [6.07, 6.45) is -0.173. The number of rotatable bonds is 6. The van der Waals surface area contributed by atoms with Crippen LogP contribution >= 0.6 is 0 Å². The second-order valence-electron chi connectivity index (χ2n) is 11.2. The van der Waals surface area contributed by atoms with E-state index in [0.717, 1.165) is 6.07 Å². The lowest BCUT2D eigenvalue weighted by Gasteiger charge is -2.33. The molecule has 3 aromatic carbocycles. The SMILES string of the molecule is COc1ccc2cc(C(CC(=O)N3CCN(C)CC3)c3c(O)cc(O)c4c(=O)cc(-c5ccccc5)oc34)c(=O)n(C)c2c1. The second kappa shape index (κ2) is 11.5. The highest BCUT2D eigenvalue weighted by atomic mass is 16.5. The molecule has 2 N–H and O–H groups in total. The largest absolute Gasteiger partial charge is 0.507 e. The summed E-state index contributed by atoms with van der Waals surface area (Å²) in [5.41, 5.74) is 0.571. The number of benzene rings is 3. The highest BCUT2D eigenvalue weighted by Gasteiger charge is 2.32. The Morgan fingerprint density at radius 3 is 2.36 bits per heavy atom. The number of likely N-dealkylation sites (N-methyl/N-ethyl adjacent to an activating group) is 1. The lowest BCUT2D eigenvalue weighted by molar-refractivity contribution is -0.133. The van der Waals surface area contributed by atoms with Crippen molar-refractivity contribution in [3.63, 3.8) is 0 Å². The molecule has 6 rings (SSSR count). The number of nitrogens with zero attached hydrogens (tertiary/aromatic N) is 3. The van der Waals surface area contributed by atoms with Gasteiger partial charge >= 0.3 is 0 Å². The number of piperazine rings is 1. The number of aromatic nitrogens is 1. The summed E-state index contributed by atoms with van der Waals surface area (Å²) in [4.78, 5) is 45.2. The minimum atomic E-state index is -1.01. The van der Waals surface area contributed by atoms with Crippen LogP contribution in [-0.2, 0) is 11.8 Å². The number of carbonyl (C=O) groups is 1. The Morgan fingerprint density at radius 1 is 0.932 bits per heavy atom. The summed E-state index contributed by atoms with van der Waals surface area (Å²) in [6.45, 7) is 2.46. The van der Waals surface area contributed by atoms with Crippen molar-refractivity contribution in [2.24, 2.45) is 7.05 Å². The predicted molar refractivity (Wildman–Crippen MR) is 168 cm³/mol. The molecule has 0 radical (unpaired) electrons. The minimum absolute atomic E-state index is 0.0816. The molecule has 10 nitrogen and oxygen atoms in total. The smallest absolute Gasteiger partial charge is 0.254 e. The Labute approximate surface area is 252 Å². The van der Waals surface area contributed by atoms with Crippen molar-refractivity contribution in [1.29, 1.82) is 0 Å². The van der Waals surface area contributed by atoms with E-state index in [4.69, 9.17) is 9.15 Å². The minimum Gasteiger partial charge on any atom is -0.507 e. The molecule has 0 spiro atoms. The number of pyridine rings is 1. The number of carbonyl (C=O) groups excluding carboxylic acids is 1. The van der Waals surface area contributed by atoms with E-state index < -0.39 is 22.8 Å². The normalized spacial score (nSPS) is 14.7. The maximum Gasteiger partial charge on any atom is 0.254 e. The van der Waals surface area contributed by atoms with Gasteiger partial charge in [-0.25, -0.2) is 0 Å². The Hall–Kier alpha value is -5.09. The Balaban J connectivity index is 1.61. The van der Waals surface area contributed by atoms with Crippen LogP contribution in [-0.4, -0.2) is 70.8 Å². The molecule has 1 amide bonds. The van der Waals surface area contributed by atoms with Crippen molar-refractivity contribution in [2.75, 3.05) is 40.3 Å². The van der Waals surface area contributed by atoms with Crippen molar-refractivity contribution in [3.05, 3.63) is 98.4 Å². The number of aryl methyl sites for hydroxylation is 1. The van der Waals surface area contributed by atoms with Gasteiger partial charge in [0.25, 0.3) is 5.56 Å². The van der Waals surface area contributed by atoms with Gasteiger partial charge < -0.3 is 33.7 Å². The average Bonchev–Trinajstić information content (AvgIpc) is 3.02. The summed E-state index contributed by atoms with van der Waals surface area (Å²) in [7, 11) is 5.17. The van der Waals surface area contributed by atoms with Gasteiger partial charge in [-0.05, 0) is 30.6 Å². The van der Waals surface area contributed by atoms with Gasteiger partial charge in [0.1, 0.15) is 34.0 Å². The van der Waals surface area contributed by atoms with Crippen LogP contribution in [0.4, 0.5) is 0 Å². The summed E-state index contributed by atoms with van der Waals surface area (Å²) in [5.74, 6) is -1.27. The fourth-order valence-electron chi connectivity index (χ4n) is 5.97. The van der Waals surface area contributed by atoms with E-state index >= 15 is 0 Å². The zero-order valence-corrected chi connectivity index (χ0v) is 24.7. The summed E-state index contributed by atoms with van der Waals surface area (Å²) in [5, 5.41) is 22.8. The fourth-order valence-corrected chi connectivity index (χ4v) is 5.97. The van der Waals surface area contributed by atoms with Crippen molar-refractivity contribution < 1.29 is 24.2 Å². The fraction of sp³-hybridized carbons (Fsp3) is 0.265. The number of ether oxygens (including phenoxy) is 1. The quantitative estimate of drug-likeness (QED) is 0.302. The monoisotopic (exact) mass is 595 g/mol. The van der Waals surface area contributed by atoms with Crippen molar-refractivity contribution in [2.45, 2.75) is 12.3 Å². The van der Waals surface area contributed by atoms with Crippen molar-refractivity contribution in [3.8, 4) is 28.6 Å². The van der Waals surface area contributed by atoms with E-state index in [0.29, 0.717) is 48.4 Å². The van der Waals surface area contributed by atoms with E-state index in [1.165, 1.54) is 10.6 Å². The van der Waals surface area contributed by atoms with Crippen LogP contribution in [0.25, 0.3) is 33.2 Å². The molecule has 1 unspecified atom stereocenters. The van der Waals surface area contributed by atoms with E-state index in [1.807, 2.05) is 19.2 Å². The highest BCUT2D eigenvalue weighted by molar-refractivity contribution is 5.91. The van der Waals surface area contributed by atoms with Gasteiger partial charge in [-0.2, -0.15) is 0 Å². The molecule has 0 saturated carbocycles. The standard InChI is InChI=1S/C34H33N3O7/c1-35-11-13-37(14-12-35)30(41)17-23(24-15-21-9-10-22(43-3)16-25(21)36(2)34(24)42)31-26(38)18-27(39)32-28(40)19-29(44-33(31)32)20-7-5-4-6-8-20/h4-10,15-16,18-19,23,38-39H,11-14,17H2,1-3H3. The first-order chi connectivity index (χ1) is 21.2. The Kier molecular flexibility index (Phi) is 7.60. The number of methoxy groups -OCH3 is 1. The van der Waals surface area contributed by atoms with E-state index in [1.54, 1.807) is 61.5 Å². The summed E-state index contributed by atoms with van der Waals surface area (Å²) < 4.78 is 13.1. The number of phenolic OH excluding ortho intramolecular Hbond substituents is 2. The van der Waals surface area contributed by atoms with Gasteiger partial charge in [0.15, 0.2) is 5.43 Å². The predicted octanol–water partition coefficient (Wildman–Crippen LogP) is 4.03. The van der Waals surface area contributed by atoms with E-state index in [-0.39, 0.29) is 45.7 Å². The van der Waals surface area contributed by atoms with Crippen LogP contribution in [0.3, 0.4) is 0 Å². The zero-order chi connectivity index (χ0) is 31.1. The van der Waals surface area contributed by atoms with Gasteiger partial charge in [0.05, 0.1) is 12.6 Å². The molecule has 226 valence electrons. The number of phenols is 2. The van der Waals surface area contributed by atoms with Crippen molar-refractivity contribution >= 4 is 27.8 Å². The molecule has 0 bridgehead atoms. The third-order valence-electron chi connectivity index (χ3n) is 8.48. The molecule has 1 aliphatic rings. The lowest BCUT2D eigenvalue weighted by atomic mass is 9.85. The lowest BCUT2D eigenvalue weighted by Crippen LogP contribution is -2.47. The molecule has 44 heavy (non-hydrogen) atoms. The molecule has 10 heteroatoms. The topological polar surface area (TPSA) is 125 Å². The Bertz CT molecular complexity index is 2010.